The van der Waals surface area contributed by atoms with Crippen LogP contribution in [-0.2, 0) is 0 Å². The van der Waals surface area contributed by atoms with Crippen LogP contribution in [0.3, 0.4) is 0 Å². The number of ether oxygens (including phenoxy) is 1. The van der Waals surface area contributed by atoms with E-state index in [1.54, 1.807) is 0 Å². The molecule has 1 aromatic carbocycles. The molecule has 0 N–H and O–H groups in total. The normalized spacial score (nSPS) is 27.2. The van der Waals surface area contributed by atoms with Crippen molar-refractivity contribution in [2.24, 2.45) is 17.8 Å². The standard InChI is InChI=1S/C26H36F4O/c1-2-3-4-5-18-6-8-19(9-7-18)10-11-20-12-14-21(15-13-20)22-16-23(27)25(24(28)17-22)31-26(29)30/h4-5,16-21,26H,2-3,6-15H2,1H3/b5-4+. The van der Waals surface area contributed by atoms with Gasteiger partial charge >= 0.3 is 6.61 Å². The molecule has 1 aromatic rings. The van der Waals surface area contributed by atoms with Gasteiger partial charge in [0.1, 0.15) is 0 Å². The molecule has 1 nitrogen and oxygen atoms in total. The topological polar surface area (TPSA) is 9.23 Å². The van der Waals surface area contributed by atoms with Gasteiger partial charge in [0.15, 0.2) is 17.4 Å². The van der Waals surface area contributed by atoms with Gasteiger partial charge in [-0.15, -0.1) is 0 Å². The SMILES string of the molecule is CCC/C=C/C1CCC(CCC2CCC(c3cc(F)c(OC(F)F)c(F)c3)CC2)CC1. The molecule has 0 heterocycles. The molecule has 0 saturated heterocycles. The van der Waals surface area contributed by atoms with Gasteiger partial charge in [0.05, 0.1) is 0 Å². The highest BCUT2D eigenvalue weighted by Gasteiger charge is 2.26. The third-order valence-electron chi connectivity index (χ3n) is 7.28. The number of halogens is 4. The summed E-state index contributed by atoms with van der Waals surface area (Å²) in [6.45, 7) is -1.02. The van der Waals surface area contributed by atoms with E-state index < -0.39 is 24.0 Å². The lowest BCUT2D eigenvalue weighted by molar-refractivity contribution is -0.0546. The number of allylic oxidation sites excluding steroid dienone is 2. The Morgan fingerprint density at radius 2 is 1.45 bits per heavy atom. The average Bonchev–Trinajstić information content (AvgIpc) is 2.76. The van der Waals surface area contributed by atoms with Crippen LogP contribution in [0, 0.1) is 29.4 Å². The Balaban J connectivity index is 1.40. The summed E-state index contributed by atoms with van der Waals surface area (Å²) in [4.78, 5) is 0. The van der Waals surface area contributed by atoms with Gasteiger partial charge in [-0.25, -0.2) is 8.78 Å². The maximum absolute atomic E-state index is 14.0. The summed E-state index contributed by atoms with van der Waals surface area (Å²) in [5.41, 5.74) is 0.560. The van der Waals surface area contributed by atoms with Crippen molar-refractivity contribution in [3.8, 4) is 5.75 Å². The number of rotatable bonds is 9. The van der Waals surface area contributed by atoms with Crippen LogP contribution in [-0.4, -0.2) is 6.61 Å². The minimum absolute atomic E-state index is 0.0891. The first-order chi connectivity index (χ1) is 15.0. The molecule has 0 bridgehead atoms. The minimum atomic E-state index is -3.24. The monoisotopic (exact) mass is 440 g/mol. The zero-order chi connectivity index (χ0) is 22.2. The van der Waals surface area contributed by atoms with Crippen LogP contribution in [0.5, 0.6) is 5.75 Å². The molecule has 174 valence electrons. The lowest BCUT2D eigenvalue weighted by Crippen LogP contribution is -2.17. The van der Waals surface area contributed by atoms with Crippen LogP contribution in [0.15, 0.2) is 24.3 Å². The summed E-state index contributed by atoms with van der Waals surface area (Å²) in [5, 5.41) is 0. The van der Waals surface area contributed by atoms with Gasteiger partial charge in [-0.1, -0.05) is 38.3 Å². The summed E-state index contributed by atoms with van der Waals surface area (Å²) in [6, 6.07) is 2.33. The van der Waals surface area contributed by atoms with E-state index in [2.05, 4.69) is 23.8 Å². The first-order valence-electron chi connectivity index (χ1n) is 12.1. The highest BCUT2D eigenvalue weighted by molar-refractivity contribution is 5.33. The summed E-state index contributed by atoms with van der Waals surface area (Å²) in [7, 11) is 0. The molecule has 0 unspecified atom stereocenters. The Morgan fingerprint density at radius 1 is 0.903 bits per heavy atom. The lowest BCUT2D eigenvalue weighted by atomic mass is 9.74. The van der Waals surface area contributed by atoms with Crippen molar-refractivity contribution in [2.75, 3.05) is 0 Å². The van der Waals surface area contributed by atoms with Crippen molar-refractivity contribution in [1.29, 1.82) is 0 Å². The first kappa shape index (κ1) is 24.1. The molecule has 0 aliphatic heterocycles. The molecule has 2 fully saturated rings. The summed E-state index contributed by atoms with van der Waals surface area (Å²) in [6.07, 6.45) is 19.0. The van der Waals surface area contributed by atoms with Crippen LogP contribution in [0.1, 0.15) is 95.5 Å². The number of unbranched alkanes of at least 4 members (excludes halogenated alkanes) is 1. The van der Waals surface area contributed by atoms with E-state index in [-0.39, 0.29) is 5.92 Å². The van der Waals surface area contributed by atoms with Crippen molar-refractivity contribution in [2.45, 2.75) is 96.5 Å². The zero-order valence-corrected chi connectivity index (χ0v) is 18.6. The molecule has 31 heavy (non-hydrogen) atoms. The number of alkyl halides is 2. The fourth-order valence-corrected chi connectivity index (χ4v) is 5.40. The van der Waals surface area contributed by atoms with E-state index >= 15 is 0 Å². The molecule has 0 spiro atoms. The van der Waals surface area contributed by atoms with E-state index in [1.165, 1.54) is 63.5 Å². The highest BCUT2D eigenvalue weighted by Crippen LogP contribution is 2.41. The van der Waals surface area contributed by atoms with Crippen molar-refractivity contribution in [3.63, 3.8) is 0 Å². The van der Waals surface area contributed by atoms with Crippen LogP contribution >= 0.6 is 0 Å². The van der Waals surface area contributed by atoms with Crippen LogP contribution < -0.4 is 4.74 Å². The molecular weight excluding hydrogens is 404 g/mol. The number of hydrogen-bond acceptors (Lipinski definition) is 1. The number of benzene rings is 1. The predicted molar refractivity (Wildman–Crippen MR) is 116 cm³/mol. The molecular formula is C26H36F4O. The zero-order valence-electron chi connectivity index (χ0n) is 18.6. The van der Waals surface area contributed by atoms with Crippen molar-refractivity contribution < 1.29 is 22.3 Å². The van der Waals surface area contributed by atoms with Crippen molar-refractivity contribution in [1.82, 2.24) is 0 Å². The molecule has 2 saturated carbocycles. The summed E-state index contributed by atoms with van der Waals surface area (Å²) < 4.78 is 56.7. The maximum atomic E-state index is 14.0. The van der Waals surface area contributed by atoms with E-state index in [9.17, 15) is 17.6 Å². The maximum Gasteiger partial charge on any atom is 0.387 e. The van der Waals surface area contributed by atoms with Crippen LogP contribution in [0.2, 0.25) is 0 Å². The highest BCUT2D eigenvalue weighted by atomic mass is 19.3. The number of hydrogen-bond donors (Lipinski definition) is 0. The second kappa shape index (κ2) is 11.9. The Bertz CT molecular complexity index is 678. The van der Waals surface area contributed by atoms with Gasteiger partial charge in [0.25, 0.3) is 0 Å². The van der Waals surface area contributed by atoms with Crippen molar-refractivity contribution in [3.05, 3.63) is 41.5 Å². The third kappa shape index (κ3) is 7.25. The Labute approximate surface area is 184 Å². The Morgan fingerprint density at radius 3 is 1.97 bits per heavy atom. The molecule has 3 rings (SSSR count). The van der Waals surface area contributed by atoms with E-state index in [0.29, 0.717) is 11.5 Å². The van der Waals surface area contributed by atoms with Gasteiger partial charge < -0.3 is 4.74 Å². The average molecular weight is 441 g/mol. The molecule has 0 amide bonds. The molecule has 0 radical (unpaired) electrons. The van der Waals surface area contributed by atoms with E-state index in [4.69, 9.17) is 0 Å². The Hall–Kier alpha value is -1.52. The van der Waals surface area contributed by atoms with E-state index in [1.807, 2.05) is 0 Å². The fraction of sp³-hybridized carbons (Fsp3) is 0.692. The van der Waals surface area contributed by atoms with Gasteiger partial charge in [-0.3, -0.25) is 0 Å². The summed E-state index contributed by atoms with van der Waals surface area (Å²) in [5.74, 6) is -0.672. The molecule has 0 atom stereocenters. The second-order valence-electron chi connectivity index (χ2n) is 9.48. The van der Waals surface area contributed by atoms with Crippen LogP contribution in [0.4, 0.5) is 17.6 Å². The smallest absolute Gasteiger partial charge is 0.387 e. The van der Waals surface area contributed by atoms with Crippen LogP contribution in [0.25, 0.3) is 0 Å². The molecule has 2 aliphatic rings. The van der Waals surface area contributed by atoms with Gasteiger partial charge in [-0.05, 0) is 99.2 Å². The second-order valence-corrected chi connectivity index (χ2v) is 9.48. The summed E-state index contributed by atoms with van der Waals surface area (Å²) >= 11 is 0. The molecule has 2 aliphatic carbocycles. The van der Waals surface area contributed by atoms with Gasteiger partial charge in [-0.2, -0.15) is 8.78 Å². The predicted octanol–water partition coefficient (Wildman–Crippen LogP) is 8.78. The van der Waals surface area contributed by atoms with Crippen molar-refractivity contribution >= 4 is 0 Å². The fourth-order valence-electron chi connectivity index (χ4n) is 5.40. The largest absolute Gasteiger partial charge is 0.429 e. The Kier molecular flexibility index (Phi) is 9.28. The van der Waals surface area contributed by atoms with Gasteiger partial charge in [0.2, 0.25) is 0 Å². The minimum Gasteiger partial charge on any atom is -0.429 e. The molecule has 5 heteroatoms. The lowest BCUT2D eigenvalue weighted by Gasteiger charge is -2.31. The first-order valence-corrected chi connectivity index (χ1v) is 12.1. The van der Waals surface area contributed by atoms with E-state index in [0.717, 1.165) is 37.5 Å². The quantitative estimate of drug-likeness (QED) is 0.275. The third-order valence-corrected chi connectivity index (χ3v) is 7.28. The van der Waals surface area contributed by atoms with Gasteiger partial charge in [0, 0.05) is 0 Å². The molecule has 0 aromatic heterocycles.